The van der Waals surface area contributed by atoms with E-state index in [9.17, 15) is 9.90 Å². The van der Waals surface area contributed by atoms with E-state index in [1.807, 2.05) is 0 Å². The minimum Gasteiger partial charge on any atom is -0.508 e. The standard InChI is InChI=1S/C14H21NO3/c16-10-6-2-1-5-9-15-14(18)11-12-7-3-4-8-13(12)17/h3-4,7-8,16-17H,1-2,5-6,9-11H2,(H,15,18). The van der Waals surface area contributed by atoms with Crippen molar-refractivity contribution in [3.8, 4) is 5.75 Å². The van der Waals surface area contributed by atoms with Crippen molar-refractivity contribution >= 4 is 5.91 Å². The van der Waals surface area contributed by atoms with Crippen LogP contribution in [-0.2, 0) is 11.2 Å². The Balaban J connectivity index is 2.16. The number of phenolic OH excluding ortho intramolecular Hbond substituents is 1. The zero-order chi connectivity index (χ0) is 13.2. The Labute approximate surface area is 108 Å². The van der Waals surface area contributed by atoms with E-state index in [1.54, 1.807) is 24.3 Å². The van der Waals surface area contributed by atoms with Gasteiger partial charge in [0.05, 0.1) is 6.42 Å². The number of phenols is 1. The summed E-state index contributed by atoms with van der Waals surface area (Å²) < 4.78 is 0. The second kappa shape index (κ2) is 8.53. The minimum absolute atomic E-state index is 0.0707. The lowest BCUT2D eigenvalue weighted by Gasteiger charge is -2.06. The smallest absolute Gasteiger partial charge is 0.224 e. The summed E-state index contributed by atoms with van der Waals surface area (Å²) >= 11 is 0. The molecule has 3 N–H and O–H groups in total. The highest BCUT2D eigenvalue weighted by Crippen LogP contribution is 2.15. The number of aliphatic hydroxyl groups excluding tert-OH is 1. The molecule has 100 valence electrons. The molecule has 1 aromatic rings. The van der Waals surface area contributed by atoms with Crippen molar-refractivity contribution in [2.75, 3.05) is 13.2 Å². The van der Waals surface area contributed by atoms with Crippen molar-refractivity contribution < 1.29 is 15.0 Å². The largest absolute Gasteiger partial charge is 0.508 e. The van der Waals surface area contributed by atoms with Gasteiger partial charge in [0.15, 0.2) is 0 Å². The number of carbonyl (C=O) groups is 1. The Morgan fingerprint density at radius 3 is 2.56 bits per heavy atom. The molecule has 0 bridgehead atoms. The van der Waals surface area contributed by atoms with Gasteiger partial charge in [-0.3, -0.25) is 4.79 Å². The van der Waals surface area contributed by atoms with E-state index >= 15 is 0 Å². The highest BCUT2D eigenvalue weighted by molar-refractivity contribution is 5.79. The van der Waals surface area contributed by atoms with Gasteiger partial charge in [0.25, 0.3) is 0 Å². The first-order valence-electron chi connectivity index (χ1n) is 6.38. The molecule has 1 aromatic carbocycles. The summed E-state index contributed by atoms with van der Waals surface area (Å²) in [6.45, 7) is 0.886. The van der Waals surface area contributed by atoms with Crippen LogP contribution in [0.15, 0.2) is 24.3 Å². The number of rotatable bonds is 8. The van der Waals surface area contributed by atoms with Gasteiger partial charge >= 0.3 is 0 Å². The lowest BCUT2D eigenvalue weighted by Crippen LogP contribution is -2.26. The summed E-state index contributed by atoms with van der Waals surface area (Å²) in [4.78, 5) is 11.6. The van der Waals surface area contributed by atoms with E-state index in [2.05, 4.69) is 5.32 Å². The van der Waals surface area contributed by atoms with Crippen LogP contribution in [0.25, 0.3) is 0 Å². The van der Waals surface area contributed by atoms with Crippen molar-refractivity contribution in [3.05, 3.63) is 29.8 Å². The number of amides is 1. The maximum Gasteiger partial charge on any atom is 0.224 e. The van der Waals surface area contributed by atoms with Gasteiger partial charge in [-0.1, -0.05) is 31.0 Å². The second-order valence-corrected chi connectivity index (χ2v) is 4.29. The number of unbranched alkanes of at least 4 members (excludes halogenated alkanes) is 3. The highest BCUT2D eigenvalue weighted by Gasteiger charge is 2.05. The molecular formula is C14H21NO3. The van der Waals surface area contributed by atoms with Crippen LogP contribution < -0.4 is 5.32 Å². The molecule has 0 heterocycles. The predicted octanol–water partition coefficient (Wildman–Crippen LogP) is 1.60. The van der Waals surface area contributed by atoms with E-state index < -0.39 is 0 Å². The first-order valence-corrected chi connectivity index (χ1v) is 6.38. The molecule has 0 saturated carbocycles. The van der Waals surface area contributed by atoms with Gasteiger partial charge in [-0.25, -0.2) is 0 Å². The summed E-state index contributed by atoms with van der Waals surface area (Å²) in [6.07, 6.45) is 3.96. The van der Waals surface area contributed by atoms with Crippen LogP contribution in [0.3, 0.4) is 0 Å². The van der Waals surface area contributed by atoms with Crippen LogP contribution in [0, 0.1) is 0 Å². The minimum atomic E-state index is -0.0707. The number of para-hydroxylation sites is 1. The van der Waals surface area contributed by atoms with Gasteiger partial charge in [0.2, 0.25) is 5.91 Å². The molecule has 0 aliphatic carbocycles. The molecule has 0 radical (unpaired) electrons. The number of nitrogens with one attached hydrogen (secondary N) is 1. The summed E-state index contributed by atoms with van der Waals surface area (Å²) in [6, 6.07) is 6.86. The second-order valence-electron chi connectivity index (χ2n) is 4.29. The monoisotopic (exact) mass is 251 g/mol. The molecule has 18 heavy (non-hydrogen) atoms. The fraction of sp³-hybridized carbons (Fsp3) is 0.500. The number of benzene rings is 1. The average Bonchev–Trinajstić information content (AvgIpc) is 2.36. The molecule has 0 aromatic heterocycles. The summed E-state index contributed by atoms with van der Waals surface area (Å²) in [5.41, 5.74) is 0.648. The summed E-state index contributed by atoms with van der Waals surface area (Å²) in [5, 5.41) is 21.0. The van der Waals surface area contributed by atoms with Gasteiger partial charge in [-0.05, 0) is 18.9 Å². The third-order valence-electron chi connectivity index (χ3n) is 2.75. The maximum atomic E-state index is 11.6. The highest BCUT2D eigenvalue weighted by atomic mass is 16.3. The van der Waals surface area contributed by atoms with Crippen LogP contribution in [0.5, 0.6) is 5.75 Å². The van der Waals surface area contributed by atoms with Crippen molar-refractivity contribution in [2.45, 2.75) is 32.1 Å². The molecule has 0 atom stereocenters. The van der Waals surface area contributed by atoms with Crippen LogP contribution >= 0.6 is 0 Å². The average molecular weight is 251 g/mol. The van der Waals surface area contributed by atoms with E-state index in [0.29, 0.717) is 12.1 Å². The van der Waals surface area contributed by atoms with E-state index in [4.69, 9.17) is 5.11 Å². The quantitative estimate of drug-likeness (QED) is 0.615. The molecule has 1 amide bonds. The van der Waals surface area contributed by atoms with Gasteiger partial charge in [-0.15, -0.1) is 0 Å². The Bertz CT molecular complexity index is 366. The Hall–Kier alpha value is -1.55. The van der Waals surface area contributed by atoms with Crippen LogP contribution in [0.1, 0.15) is 31.2 Å². The molecule has 0 spiro atoms. The van der Waals surface area contributed by atoms with Crippen molar-refractivity contribution in [3.63, 3.8) is 0 Å². The van der Waals surface area contributed by atoms with Gasteiger partial charge < -0.3 is 15.5 Å². The van der Waals surface area contributed by atoms with Gasteiger partial charge in [0.1, 0.15) is 5.75 Å². The molecule has 0 aliphatic rings. The van der Waals surface area contributed by atoms with Crippen molar-refractivity contribution in [1.82, 2.24) is 5.32 Å². The molecule has 0 unspecified atom stereocenters. The lowest BCUT2D eigenvalue weighted by molar-refractivity contribution is -0.120. The van der Waals surface area contributed by atoms with E-state index in [1.165, 1.54) is 0 Å². The maximum absolute atomic E-state index is 11.6. The lowest BCUT2D eigenvalue weighted by atomic mass is 10.1. The molecule has 0 saturated heterocycles. The number of aliphatic hydroxyl groups is 1. The molecule has 0 aliphatic heterocycles. The molecule has 0 fully saturated rings. The van der Waals surface area contributed by atoms with Crippen LogP contribution in [-0.4, -0.2) is 29.3 Å². The van der Waals surface area contributed by atoms with Gasteiger partial charge in [0, 0.05) is 18.7 Å². The molecule has 1 rings (SSSR count). The Morgan fingerprint density at radius 1 is 1.11 bits per heavy atom. The first-order chi connectivity index (χ1) is 8.74. The van der Waals surface area contributed by atoms with Crippen molar-refractivity contribution in [2.24, 2.45) is 0 Å². The normalized spacial score (nSPS) is 10.3. The summed E-state index contributed by atoms with van der Waals surface area (Å²) in [5.74, 6) is 0.0919. The van der Waals surface area contributed by atoms with Crippen molar-refractivity contribution in [1.29, 1.82) is 0 Å². The topological polar surface area (TPSA) is 69.6 Å². The number of carbonyl (C=O) groups excluding carboxylic acids is 1. The fourth-order valence-electron chi connectivity index (χ4n) is 1.71. The Morgan fingerprint density at radius 2 is 1.83 bits per heavy atom. The zero-order valence-corrected chi connectivity index (χ0v) is 10.6. The zero-order valence-electron chi connectivity index (χ0n) is 10.6. The molecular weight excluding hydrogens is 230 g/mol. The molecule has 4 heteroatoms. The Kier molecular flexibility index (Phi) is 6.87. The predicted molar refractivity (Wildman–Crippen MR) is 70.4 cm³/mol. The van der Waals surface area contributed by atoms with E-state index in [0.717, 1.165) is 25.7 Å². The van der Waals surface area contributed by atoms with Gasteiger partial charge in [-0.2, -0.15) is 0 Å². The SMILES string of the molecule is O=C(Cc1ccccc1O)NCCCCCCO. The number of hydrogen-bond acceptors (Lipinski definition) is 3. The van der Waals surface area contributed by atoms with Crippen LogP contribution in [0.4, 0.5) is 0 Å². The first kappa shape index (κ1) is 14.5. The van der Waals surface area contributed by atoms with Crippen LogP contribution in [0.2, 0.25) is 0 Å². The number of hydrogen-bond donors (Lipinski definition) is 3. The third kappa shape index (κ3) is 5.68. The van der Waals surface area contributed by atoms with E-state index in [-0.39, 0.29) is 24.7 Å². The third-order valence-corrected chi connectivity index (χ3v) is 2.75. The summed E-state index contributed by atoms with van der Waals surface area (Å²) in [7, 11) is 0. The number of aromatic hydroxyl groups is 1. The molecule has 4 nitrogen and oxygen atoms in total. The fourth-order valence-corrected chi connectivity index (χ4v) is 1.71.